The summed E-state index contributed by atoms with van der Waals surface area (Å²) in [6.07, 6.45) is 1.64. The van der Waals surface area contributed by atoms with Crippen LogP contribution in [-0.2, 0) is 0 Å². The number of nitriles is 1. The van der Waals surface area contributed by atoms with Crippen LogP contribution in [0.1, 0.15) is 33.2 Å². The fourth-order valence-electron chi connectivity index (χ4n) is 2.59. The average Bonchev–Trinajstić information content (AvgIpc) is 3.23. The minimum absolute atomic E-state index is 0.0400. The largest absolute Gasteiger partial charge is 0.507 e. The van der Waals surface area contributed by atoms with Crippen LogP contribution in [0.4, 0.5) is 0 Å². The van der Waals surface area contributed by atoms with Crippen LogP contribution < -0.4 is 9.47 Å². The molecule has 0 aliphatic rings. The molecule has 1 N–H and O–H groups in total. The summed E-state index contributed by atoms with van der Waals surface area (Å²) in [6.45, 7) is 1.55. The highest BCUT2D eigenvalue weighted by Gasteiger charge is 2.21. The highest BCUT2D eigenvalue weighted by molar-refractivity contribution is 6.10. The molecule has 0 saturated heterocycles. The highest BCUT2D eigenvalue weighted by atomic mass is 16.5. The van der Waals surface area contributed by atoms with Crippen LogP contribution in [-0.4, -0.2) is 39.8 Å². The van der Waals surface area contributed by atoms with Gasteiger partial charge in [-0.1, -0.05) is 0 Å². The lowest BCUT2D eigenvalue weighted by molar-refractivity contribution is 0.0710. The number of hydrogen-bond donors (Lipinski definition) is 1. The first-order valence-corrected chi connectivity index (χ1v) is 8.60. The molecule has 0 radical (unpaired) electrons. The first-order valence-electron chi connectivity index (χ1n) is 8.60. The van der Waals surface area contributed by atoms with Crippen LogP contribution in [0.5, 0.6) is 17.2 Å². The Kier molecular flexibility index (Phi) is 5.60. The number of methoxy groups -OCH3 is 1. The number of carbonyl (C=O) groups excluding carboxylic acids is 2. The van der Waals surface area contributed by atoms with Crippen molar-refractivity contribution in [1.29, 1.82) is 5.26 Å². The molecule has 146 valence electrons. The van der Waals surface area contributed by atoms with Crippen molar-refractivity contribution < 1.29 is 24.2 Å². The van der Waals surface area contributed by atoms with Crippen molar-refractivity contribution >= 4 is 11.7 Å². The van der Waals surface area contributed by atoms with Crippen molar-refractivity contribution in [1.82, 2.24) is 9.78 Å². The summed E-state index contributed by atoms with van der Waals surface area (Å²) < 4.78 is 11.7. The zero-order valence-electron chi connectivity index (χ0n) is 15.7. The van der Waals surface area contributed by atoms with Crippen molar-refractivity contribution in [3.63, 3.8) is 0 Å². The van der Waals surface area contributed by atoms with Gasteiger partial charge in [-0.2, -0.15) is 10.4 Å². The number of ketones is 1. The predicted octanol–water partition coefficient (Wildman–Crippen LogP) is 2.81. The number of hydrogen-bond acceptors (Lipinski definition) is 7. The zero-order valence-corrected chi connectivity index (χ0v) is 15.7. The summed E-state index contributed by atoms with van der Waals surface area (Å²) in [5, 5.41) is 22.7. The SMILES string of the molecule is COc1ccc(O)c(C(=O)c2cnn(C(=O)[C@H](C)Oc3ccc(C#N)cc3)c2)c1. The Hall–Kier alpha value is -4.12. The quantitative estimate of drug-likeness (QED) is 0.643. The number of rotatable bonds is 6. The van der Waals surface area contributed by atoms with E-state index in [4.69, 9.17) is 14.7 Å². The first-order chi connectivity index (χ1) is 13.9. The predicted molar refractivity (Wildman–Crippen MR) is 102 cm³/mol. The van der Waals surface area contributed by atoms with Crippen molar-refractivity contribution in [3.05, 3.63) is 71.5 Å². The minimum Gasteiger partial charge on any atom is -0.507 e. The lowest BCUT2D eigenvalue weighted by Crippen LogP contribution is -2.29. The standard InChI is InChI=1S/C21H17N3O5/c1-13(29-16-5-3-14(10-22)4-6-16)21(27)24-12-15(11-23-24)20(26)18-9-17(28-2)7-8-19(18)25/h3-9,11-13,25H,1-2H3/t13-/m0/s1. The van der Waals surface area contributed by atoms with Crippen molar-refractivity contribution in [3.8, 4) is 23.3 Å². The second-order valence-electron chi connectivity index (χ2n) is 6.12. The molecule has 8 heteroatoms. The fourth-order valence-corrected chi connectivity index (χ4v) is 2.59. The maximum Gasteiger partial charge on any atom is 0.287 e. The van der Waals surface area contributed by atoms with E-state index in [0.717, 1.165) is 4.68 Å². The van der Waals surface area contributed by atoms with Gasteiger partial charge in [-0.3, -0.25) is 9.59 Å². The molecule has 0 aliphatic carbocycles. The molecule has 29 heavy (non-hydrogen) atoms. The van der Waals surface area contributed by atoms with Gasteiger partial charge >= 0.3 is 0 Å². The van der Waals surface area contributed by atoms with Crippen molar-refractivity contribution in [2.45, 2.75) is 13.0 Å². The van der Waals surface area contributed by atoms with Crippen LogP contribution >= 0.6 is 0 Å². The molecule has 1 heterocycles. The van der Waals surface area contributed by atoms with Crippen LogP contribution in [0.2, 0.25) is 0 Å². The van der Waals surface area contributed by atoms with Crippen molar-refractivity contribution in [2.24, 2.45) is 0 Å². The third-order valence-electron chi connectivity index (χ3n) is 4.16. The number of nitrogens with zero attached hydrogens (tertiary/aromatic N) is 3. The minimum atomic E-state index is -0.879. The highest BCUT2D eigenvalue weighted by Crippen LogP contribution is 2.25. The molecule has 0 unspecified atom stereocenters. The molecule has 2 aromatic carbocycles. The lowest BCUT2D eigenvalue weighted by atomic mass is 10.1. The summed E-state index contributed by atoms with van der Waals surface area (Å²) in [5.74, 6) is -0.342. The second kappa shape index (κ2) is 8.27. The molecule has 3 aromatic rings. The monoisotopic (exact) mass is 391 g/mol. The molecule has 0 bridgehead atoms. The van der Waals surface area contributed by atoms with Gasteiger partial charge in [0.15, 0.2) is 11.9 Å². The smallest absolute Gasteiger partial charge is 0.287 e. The first kappa shape index (κ1) is 19.6. The third-order valence-corrected chi connectivity index (χ3v) is 4.16. The van der Waals surface area contributed by atoms with Crippen LogP contribution in [0.15, 0.2) is 54.9 Å². The molecule has 3 rings (SSSR count). The third kappa shape index (κ3) is 4.25. The Bertz CT molecular complexity index is 1100. The van der Waals surface area contributed by atoms with Crippen LogP contribution in [0.3, 0.4) is 0 Å². The number of aromatic nitrogens is 2. The Morgan fingerprint density at radius 3 is 2.52 bits per heavy atom. The maximum absolute atomic E-state index is 12.7. The molecule has 0 spiro atoms. The summed E-state index contributed by atoms with van der Waals surface area (Å²) >= 11 is 0. The molecule has 0 fully saturated rings. The average molecular weight is 391 g/mol. The summed E-state index contributed by atoms with van der Waals surface area (Å²) in [7, 11) is 1.45. The molecule has 0 amide bonds. The van der Waals surface area contributed by atoms with E-state index in [2.05, 4.69) is 5.10 Å². The topological polar surface area (TPSA) is 114 Å². The molecule has 0 aliphatic heterocycles. The summed E-state index contributed by atoms with van der Waals surface area (Å²) in [5.41, 5.74) is 0.651. The van der Waals surface area contributed by atoms with Gasteiger partial charge in [0, 0.05) is 6.20 Å². The van der Waals surface area contributed by atoms with Gasteiger partial charge in [0.2, 0.25) is 0 Å². The lowest BCUT2D eigenvalue weighted by Gasteiger charge is -2.13. The van der Waals surface area contributed by atoms with Gasteiger partial charge in [0.25, 0.3) is 5.91 Å². The van der Waals surface area contributed by atoms with E-state index in [9.17, 15) is 14.7 Å². The van der Waals surface area contributed by atoms with Gasteiger partial charge in [-0.15, -0.1) is 0 Å². The summed E-state index contributed by atoms with van der Waals surface area (Å²) in [6, 6.07) is 12.6. The van der Waals surface area contributed by atoms with E-state index in [1.165, 1.54) is 37.7 Å². The normalized spacial score (nSPS) is 11.3. The Morgan fingerprint density at radius 2 is 1.86 bits per heavy atom. The Morgan fingerprint density at radius 1 is 1.17 bits per heavy atom. The van der Waals surface area contributed by atoms with Gasteiger partial charge in [0.05, 0.1) is 36.1 Å². The maximum atomic E-state index is 12.7. The van der Waals surface area contributed by atoms with E-state index < -0.39 is 17.8 Å². The van der Waals surface area contributed by atoms with Gasteiger partial charge < -0.3 is 14.6 Å². The number of phenolic OH excluding ortho intramolecular Hbond substituents is 1. The number of carbonyl (C=O) groups is 2. The number of benzene rings is 2. The molecule has 1 atom stereocenters. The molecule has 0 saturated carbocycles. The number of ether oxygens (including phenoxy) is 2. The molecular formula is C21H17N3O5. The number of aromatic hydroxyl groups is 1. The van der Waals surface area contributed by atoms with Gasteiger partial charge in [0.1, 0.15) is 17.2 Å². The zero-order chi connectivity index (χ0) is 21.0. The van der Waals surface area contributed by atoms with Gasteiger partial charge in [-0.25, -0.2) is 4.68 Å². The van der Waals surface area contributed by atoms with Crippen LogP contribution in [0, 0.1) is 11.3 Å². The Balaban J connectivity index is 1.75. The van der Waals surface area contributed by atoms with Crippen molar-refractivity contribution in [2.75, 3.05) is 7.11 Å². The molecule has 1 aromatic heterocycles. The fraction of sp³-hybridized carbons (Fsp3) is 0.143. The molecule has 8 nitrogen and oxygen atoms in total. The van der Waals surface area contributed by atoms with E-state index in [-0.39, 0.29) is 16.9 Å². The van der Waals surface area contributed by atoms with E-state index in [1.54, 1.807) is 31.2 Å². The van der Waals surface area contributed by atoms with E-state index in [0.29, 0.717) is 17.1 Å². The summed E-state index contributed by atoms with van der Waals surface area (Å²) in [4.78, 5) is 25.2. The molecular weight excluding hydrogens is 374 g/mol. The Labute approximate surface area is 166 Å². The number of phenols is 1. The van der Waals surface area contributed by atoms with Crippen LogP contribution in [0.25, 0.3) is 0 Å². The second-order valence-corrected chi connectivity index (χ2v) is 6.12. The van der Waals surface area contributed by atoms with E-state index in [1.807, 2.05) is 6.07 Å². The van der Waals surface area contributed by atoms with E-state index >= 15 is 0 Å². The van der Waals surface area contributed by atoms with Gasteiger partial charge in [-0.05, 0) is 49.4 Å².